The molecule has 4 aromatic rings. The summed E-state index contributed by atoms with van der Waals surface area (Å²) in [6.07, 6.45) is 0.522. The van der Waals surface area contributed by atoms with E-state index in [4.69, 9.17) is 20.3 Å². The molecule has 0 unspecified atom stereocenters. The number of alkyl halides is 2. The molecule has 2 aromatic carbocycles. The quantitative estimate of drug-likeness (QED) is 0.294. The normalized spacial score (nSPS) is 15.7. The molecule has 14 heteroatoms. The number of halogens is 4. The first kappa shape index (κ1) is 28.5. The van der Waals surface area contributed by atoms with Crippen molar-refractivity contribution in [2.24, 2.45) is 5.14 Å². The highest BCUT2D eigenvalue weighted by Gasteiger charge is 2.36. The molecular formula is C27H25F4N5O4S. The van der Waals surface area contributed by atoms with Gasteiger partial charge >= 0.3 is 0 Å². The van der Waals surface area contributed by atoms with E-state index in [1.165, 1.54) is 19.4 Å². The average molecular weight is 592 g/mol. The fraction of sp³-hybridized carbons (Fsp3) is 0.296. The summed E-state index contributed by atoms with van der Waals surface area (Å²) in [5.41, 5.74) is 6.69. The molecule has 0 amide bonds. The van der Waals surface area contributed by atoms with Crippen molar-refractivity contribution in [2.75, 3.05) is 12.8 Å². The van der Waals surface area contributed by atoms with E-state index in [1.54, 1.807) is 19.1 Å². The molecule has 0 bridgehead atoms. The van der Waals surface area contributed by atoms with Crippen molar-refractivity contribution in [2.45, 2.75) is 49.5 Å². The van der Waals surface area contributed by atoms with Crippen LogP contribution in [0.1, 0.15) is 31.4 Å². The number of sulfonamides is 1. The van der Waals surface area contributed by atoms with Gasteiger partial charge in [-0.2, -0.15) is 0 Å². The standard InChI is InChI=1S/C27H25F4N5O4S/c1-13-17-9-14(11-20(24(17)36-26(32)35-13)40-16-5-7-27(30,31)8-6-16)15-10-18(25(39-2)34-12-15)22-19(28)3-4-21(23(22)29)41(33,37)38/h3-4,9-12,16H,5-8H2,1-2H3,(H2,32,35,36)(H2,33,37,38). The molecule has 1 saturated carbocycles. The van der Waals surface area contributed by atoms with Gasteiger partial charge in [-0.25, -0.2) is 46.1 Å². The van der Waals surface area contributed by atoms with Gasteiger partial charge in [0, 0.05) is 30.0 Å². The molecule has 0 saturated heterocycles. The third-order valence-corrected chi connectivity index (χ3v) is 7.87. The minimum atomic E-state index is -4.51. The number of rotatable bonds is 6. The summed E-state index contributed by atoms with van der Waals surface area (Å²) in [7, 11) is -3.27. The highest BCUT2D eigenvalue weighted by Crippen LogP contribution is 2.41. The zero-order valence-corrected chi connectivity index (χ0v) is 22.7. The lowest BCUT2D eigenvalue weighted by Crippen LogP contribution is -2.30. The molecule has 2 heterocycles. The Kier molecular flexibility index (Phi) is 7.24. The van der Waals surface area contributed by atoms with Gasteiger partial charge in [0.2, 0.25) is 27.8 Å². The predicted octanol–water partition coefficient (Wildman–Crippen LogP) is 5.14. The van der Waals surface area contributed by atoms with Gasteiger partial charge in [0.15, 0.2) is 5.82 Å². The van der Waals surface area contributed by atoms with Crippen LogP contribution in [0.5, 0.6) is 11.6 Å². The van der Waals surface area contributed by atoms with E-state index in [0.29, 0.717) is 27.7 Å². The number of pyridine rings is 1. The van der Waals surface area contributed by atoms with E-state index >= 15 is 4.39 Å². The second-order valence-corrected chi connectivity index (χ2v) is 11.3. The third kappa shape index (κ3) is 5.61. The summed E-state index contributed by atoms with van der Waals surface area (Å²) in [6, 6.07) is 6.19. The lowest BCUT2D eigenvalue weighted by Gasteiger charge is -2.29. The summed E-state index contributed by atoms with van der Waals surface area (Å²) >= 11 is 0. The molecule has 0 radical (unpaired) electrons. The SMILES string of the molecule is COc1ncc(-c2cc(OC3CCC(F)(F)CC3)c3nc(N)nc(C)c3c2)cc1-c1c(F)ccc(S(N)(=O)=O)c1F. The molecule has 5 rings (SSSR count). The largest absolute Gasteiger partial charge is 0.488 e. The Morgan fingerprint density at radius 2 is 1.76 bits per heavy atom. The first-order valence-electron chi connectivity index (χ1n) is 12.5. The summed E-state index contributed by atoms with van der Waals surface area (Å²) in [5.74, 6) is -5.13. The van der Waals surface area contributed by atoms with E-state index in [1.807, 2.05) is 0 Å². The number of methoxy groups -OCH3 is 1. The number of hydrogen-bond donors (Lipinski definition) is 2. The number of primary sulfonamides is 1. The fourth-order valence-electron chi connectivity index (χ4n) is 4.89. The number of aryl methyl sites for hydroxylation is 1. The van der Waals surface area contributed by atoms with Crippen molar-refractivity contribution >= 4 is 26.9 Å². The highest BCUT2D eigenvalue weighted by molar-refractivity contribution is 7.89. The number of aromatic nitrogens is 3. The lowest BCUT2D eigenvalue weighted by molar-refractivity contribution is -0.0580. The number of nitrogens with zero attached hydrogens (tertiary/aromatic N) is 3. The highest BCUT2D eigenvalue weighted by atomic mass is 32.2. The van der Waals surface area contributed by atoms with Crippen molar-refractivity contribution < 1.29 is 35.5 Å². The van der Waals surface area contributed by atoms with Crippen LogP contribution in [0.3, 0.4) is 0 Å². The first-order chi connectivity index (χ1) is 19.3. The van der Waals surface area contributed by atoms with Crippen molar-refractivity contribution in [3.8, 4) is 33.9 Å². The summed E-state index contributed by atoms with van der Waals surface area (Å²) < 4.78 is 93.0. The smallest absolute Gasteiger partial charge is 0.248 e. The maximum atomic E-state index is 15.4. The lowest BCUT2D eigenvalue weighted by atomic mass is 9.94. The van der Waals surface area contributed by atoms with Gasteiger partial charge in [0.25, 0.3) is 0 Å². The zero-order chi connectivity index (χ0) is 29.7. The van der Waals surface area contributed by atoms with E-state index in [2.05, 4.69) is 15.0 Å². The number of anilines is 1. The van der Waals surface area contributed by atoms with Crippen LogP contribution in [-0.4, -0.2) is 42.5 Å². The minimum Gasteiger partial charge on any atom is -0.488 e. The number of nitrogens with two attached hydrogens (primary N) is 2. The Labute approximate surface area is 232 Å². The van der Waals surface area contributed by atoms with Gasteiger partial charge in [-0.15, -0.1) is 0 Å². The number of fused-ring (bicyclic) bond motifs is 1. The van der Waals surface area contributed by atoms with Crippen LogP contribution in [0.25, 0.3) is 33.2 Å². The van der Waals surface area contributed by atoms with Gasteiger partial charge in [-0.1, -0.05) is 0 Å². The van der Waals surface area contributed by atoms with Crippen LogP contribution >= 0.6 is 0 Å². The van der Waals surface area contributed by atoms with E-state index in [0.717, 1.165) is 12.1 Å². The van der Waals surface area contributed by atoms with Crippen LogP contribution in [0.2, 0.25) is 0 Å². The van der Waals surface area contributed by atoms with Gasteiger partial charge in [-0.3, -0.25) is 0 Å². The molecule has 0 spiro atoms. The summed E-state index contributed by atoms with van der Waals surface area (Å²) in [4.78, 5) is 11.8. The van der Waals surface area contributed by atoms with E-state index in [9.17, 15) is 21.6 Å². The predicted molar refractivity (Wildman–Crippen MR) is 143 cm³/mol. The fourth-order valence-corrected chi connectivity index (χ4v) is 5.50. The number of hydrogen-bond acceptors (Lipinski definition) is 8. The number of ether oxygens (including phenoxy) is 2. The summed E-state index contributed by atoms with van der Waals surface area (Å²) in [5, 5.41) is 5.66. The Morgan fingerprint density at radius 3 is 2.41 bits per heavy atom. The number of benzene rings is 2. The second kappa shape index (κ2) is 10.4. The van der Waals surface area contributed by atoms with Gasteiger partial charge in [0.1, 0.15) is 22.0 Å². The Balaban J connectivity index is 1.67. The van der Waals surface area contributed by atoms with E-state index in [-0.39, 0.29) is 48.8 Å². The molecule has 1 aliphatic rings. The Bertz CT molecular complexity index is 1780. The van der Waals surface area contributed by atoms with E-state index < -0.39 is 44.1 Å². The molecule has 1 aliphatic carbocycles. The van der Waals surface area contributed by atoms with Crippen molar-refractivity contribution in [3.63, 3.8) is 0 Å². The number of nitrogen functional groups attached to an aromatic ring is 1. The third-order valence-electron chi connectivity index (χ3n) is 6.94. The minimum absolute atomic E-state index is 0.00290. The van der Waals surface area contributed by atoms with Crippen molar-refractivity contribution in [3.05, 3.63) is 53.9 Å². The van der Waals surface area contributed by atoms with Gasteiger partial charge in [-0.05, 0) is 55.7 Å². The Morgan fingerprint density at radius 1 is 1.05 bits per heavy atom. The molecule has 41 heavy (non-hydrogen) atoms. The van der Waals surface area contributed by atoms with Crippen LogP contribution < -0.4 is 20.3 Å². The molecular weight excluding hydrogens is 566 g/mol. The average Bonchev–Trinajstić information content (AvgIpc) is 2.89. The van der Waals surface area contributed by atoms with Crippen LogP contribution in [0, 0.1) is 18.6 Å². The monoisotopic (exact) mass is 591 g/mol. The van der Waals surface area contributed by atoms with Crippen LogP contribution in [0.4, 0.5) is 23.5 Å². The zero-order valence-electron chi connectivity index (χ0n) is 21.9. The van der Waals surface area contributed by atoms with Crippen LogP contribution in [-0.2, 0) is 10.0 Å². The maximum absolute atomic E-state index is 15.4. The molecule has 0 atom stereocenters. The molecule has 9 nitrogen and oxygen atoms in total. The summed E-state index contributed by atoms with van der Waals surface area (Å²) in [6.45, 7) is 1.70. The molecule has 216 valence electrons. The molecule has 2 aromatic heterocycles. The second-order valence-electron chi connectivity index (χ2n) is 9.77. The molecule has 0 aliphatic heterocycles. The topological polar surface area (TPSA) is 143 Å². The maximum Gasteiger partial charge on any atom is 0.248 e. The Hall–Kier alpha value is -4.04. The van der Waals surface area contributed by atoms with Crippen molar-refractivity contribution in [1.82, 2.24) is 15.0 Å². The van der Waals surface area contributed by atoms with Crippen LogP contribution in [0.15, 0.2) is 41.4 Å². The van der Waals surface area contributed by atoms with Gasteiger partial charge in [0.05, 0.1) is 30.0 Å². The molecule has 1 fully saturated rings. The van der Waals surface area contributed by atoms with Gasteiger partial charge < -0.3 is 15.2 Å². The first-order valence-corrected chi connectivity index (χ1v) is 14.0. The molecule has 4 N–H and O–H groups in total. The van der Waals surface area contributed by atoms with Crippen molar-refractivity contribution in [1.29, 1.82) is 0 Å².